The molecule has 0 heterocycles. The first-order valence-electron chi connectivity index (χ1n) is 18.4. The summed E-state index contributed by atoms with van der Waals surface area (Å²) in [6.45, 7) is 5.32. The first-order valence-corrected chi connectivity index (χ1v) is 18.4. The first kappa shape index (κ1) is 32.4. The number of rotatable bonds is 7. The molecule has 0 saturated heterocycles. The van der Waals surface area contributed by atoms with Gasteiger partial charge in [0.05, 0.1) is 12.3 Å². The number of hydrogen-bond acceptors (Lipinski definition) is 2. The van der Waals surface area contributed by atoms with Gasteiger partial charge in [-0.2, -0.15) is 0 Å². The molecule has 0 spiro atoms. The Labute approximate surface area is 311 Å². The molecule has 8 aromatic carbocycles. The number of hydrogen-bond donors (Lipinski definition) is 1. The van der Waals surface area contributed by atoms with Crippen molar-refractivity contribution >= 4 is 33.0 Å². The van der Waals surface area contributed by atoms with E-state index < -0.39 is 0 Å². The third kappa shape index (κ3) is 5.73. The normalized spacial score (nSPS) is 13.6. The van der Waals surface area contributed by atoms with Crippen LogP contribution in [-0.2, 0) is 12.0 Å². The van der Waals surface area contributed by atoms with Gasteiger partial charge in [0.1, 0.15) is 0 Å². The van der Waals surface area contributed by atoms with Gasteiger partial charge in [-0.05, 0) is 83.3 Å². The second-order valence-corrected chi connectivity index (χ2v) is 14.5. The summed E-state index contributed by atoms with van der Waals surface area (Å²) >= 11 is 0. The Morgan fingerprint density at radius 3 is 1.92 bits per heavy atom. The van der Waals surface area contributed by atoms with Crippen LogP contribution >= 0.6 is 0 Å². The minimum Gasteiger partial charge on any atom is -0.398 e. The average Bonchev–Trinajstić information content (AvgIpc) is 3.46. The Morgan fingerprint density at radius 1 is 0.547 bits per heavy atom. The van der Waals surface area contributed by atoms with Crippen LogP contribution in [0.1, 0.15) is 41.7 Å². The van der Waals surface area contributed by atoms with Gasteiger partial charge in [-0.15, -0.1) is 0 Å². The van der Waals surface area contributed by atoms with Gasteiger partial charge < -0.3 is 5.73 Å². The van der Waals surface area contributed by atoms with E-state index in [4.69, 9.17) is 10.7 Å². The third-order valence-electron chi connectivity index (χ3n) is 10.9. The van der Waals surface area contributed by atoms with E-state index in [1.165, 1.54) is 60.7 Å². The van der Waals surface area contributed by atoms with E-state index in [1.54, 1.807) is 0 Å². The van der Waals surface area contributed by atoms with E-state index in [-0.39, 0.29) is 5.41 Å². The fourth-order valence-corrected chi connectivity index (χ4v) is 8.34. The summed E-state index contributed by atoms with van der Waals surface area (Å²) in [6.07, 6.45) is 2.02. The molecular weight excluding hydrogens is 641 g/mol. The summed E-state index contributed by atoms with van der Waals surface area (Å²) in [5.41, 5.74) is 22.0. The monoisotopic (exact) mass is 680 g/mol. The number of nitrogens with zero attached hydrogens (tertiary/aromatic N) is 1. The zero-order valence-electron chi connectivity index (χ0n) is 30.1. The SMILES string of the molecule is CC1(C)c2ccc3ccccc3c2-c2cccc(-c3ccc(-c4ccc(/C(N)=C/C(=NCc5ccccc5)c5ccccc5)c5ccccc45)cc3)c21. The maximum absolute atomic E-state index is 6.95. The van der Waals surface area contributed by atoms with Crippen molar-refractivity contribution in [3.63, 3.8) is 0 Å². The highest BCUT2D eigenvalue weighted by molar-refractivity contribution is 6.14. The molecule has 0 saturated carbocycles. The van der Waals surface area contributed by atoms with E-state index in [1.807, 2.05) is 42.5 Å². The predicted octanol–water partition coefficient (Wildman–Crippen LogP) is 12.6. The Morgan fingerprint density at radius 2 is 1.17 bits per heavy atom. The summed E-state index contributed by atoms with van der Waals surface area (Å²) < 4.78 is 0. The molecule has 53 heavy (non-hydrogen) atoms. The molecule has 254 valence electrons. The Kier molecular flexibility index (Phi) is 8.09. The van der Waals surface area contributed by atoms with Crippen molar-refractivity contribution < 1.29 is 0 Å². The van der Waals surface area contributed by atoms with Gasteiger partial charge in [-0.1, -0.05) is 190 Å². The molecule has 0 unspecified atom stereocenters. The van der Waals surface area contributed by atoms with E-state index >= 15 is 0 Å². The number of aliphatic imine (C=N–C) groups is 1. The summed E-state index contributed by atoms with van der Waals surface area (Å²) in [7, 11) is 0. The molecule has 2 heteroatoms. The van der Waals surface area contributed by atoms with E-state index in [9.17, 15) is 0 Å². The lowest BCUT2D eigenvalue weighted by Crippen LogP contribution is -2.16. The minimum atomic E-state index is -0.115. The molecular formula is C51H40N2. The maximum atomic E-state index is 6.95. The molecule has 0 fully saturated rings. The highest BCUT2D eigenvalue weighted by Crippen LogP contribution is 2.54. The molecule has 0 amide bonds. The van der Waals surface area contributed by atoms with Crippen LogP contribution in [0.2, 0.25) is 0 Å². The number of allylic oxidation sites excluding steroid dienone is 1. The maximum Gasteiger partial charge on any atom is 0.0671 e. The van der Waals surface area contributed by atoms with Gasteiger partial charge in [-0.25, -0.2) is 0 Å². The Hall–Kier alpha value is -6.51. The lowest BCUT2D eigenvalue weighted by molar-refractivity contribution is 0.662. The van der Waals surface area contributed by atoms with Gasteiger partial charge in [0, 0.05) is 16.7 Å². The van der Waals surface area contributed by atoms with E-state index in [0.717, 1.165) is 27.8 Å². The fourth-order valence-electron chi connectivity index (χ4n) is 8.34. The second-order valence-electron chi connectivity index (χ2n) is 14.5. The highest BCUT2D eigenvalue weighted by Gasteiger charge is 2.38. The number of fused-ring (bicyclic) bond motifs is 6. The third-order valence-corrected chi connectivity index (χ3v) is 10.9. The van der Waals surface area contributed by atoms with Crippen LogP contribution in [0.3, 0.4) is 0 Å². The van der Waals surface area contributed by atoms with Crippen molar-refractivity contribution in [3.05, 3.63) is 210 Å². The molecule has 2 nitrogen and oxygen atoms in total. The second kappa shape index (κ2) is 13.2. The molecule has 0 bridgehead atoms. The fraction of sp³-hybridized carbons (Fsp3) is 0.0784. The molecule has 1 aliphatic carbocycles. The Bertz CT molecular complexity index is 2700. The lowest BCUT2D eigenvalue weighted by Gasteiger charge is -2.24. The summed E-state index contributed by atoms with van der Waals surface area (Å²) in [6, 6.07) is 62.8. The topological polar surface area (TPSA) is 38.4 Å². The van der Waals surface area contributed by atoms with Crippen molar-refractivity contribution in [1.82, 2.24) is 0 Å². The van der Waals surface area contributed by atoms with Crippen LogP contribution < -0.4 is 5.73 Å². The molecule has 0 atom stereocenters. The number of nitrogens with two attached hydrogens (primary N) is 1. The van der Waals surface area contributed by atoms with Crippen LogP contribution in [-0.4, -0.2) is 5.71 Å². The van der Waals surface area contributed by atoms with Crippen LogP contribution in [0.25, 0.3) is 60.6 Å². The zero-order valence-corrected chi connectivity index (χ0v) is 30.1. The molecule has 2 N–H and O–H groups in total. The minimum absolute atomic E-state index is 0.115. The van der Waals surface area contributed by atoms with Crippen LogP contribution in [0.4, 0.5) is 0 Å². The lowest BCUT2D eigenvalue weighted by atomic mass is 9.78. The standard InChI is InChI=1S/C51H40N2/c1-51(2)46-31-28-35-16-9-10-19-40(35)49(46)45-23-13-22-41(50(45)51)37-26-24-36(25-27-37)39-29-30-44(43-21-12-11-20-42(39)43)47(52)32-48(38-17-7-4-8-18-38)53-33-34-14-5-3-6-15-34/h3-32H,33,52H2,1-2H3/b47-32-,53-48?. The van der Waals surface area contributed by atoms with E-state index in [2.05, 4.69) is 153 Å². The molecule has 0 aliphatic heterocycles. The largest absolute Gasteiger partial charge is 0.398 e. The van der Waals surface area contributed by atoms with Crippen LogP contribution in [0, 0.1) is 0 Å². The summed E-state index contributed by atoms with van der Waals surface area (Å²) in [5, 5.41) is 4.89. The van der Waals surface area contributed by atoms with Gasteiger partial charge in [0.25, 0.3) is 0 Å². The van der Waals surface area contributed by atoms with E-state index in [0.29, 0.717) is 12.2 Å². The van der Waals surface area contributed by atoms with Gasteiger partial charge in [0.2, 0.25) is 0 Å². The highest BCUT2D eigenvalue weighted by atomic mass is 14.7. The molecule has 0 radical (unpaired) electrons. The quantitative estimate of drug-likeness (QED) is 0.167. The Balaban J connectivity index is 1.08. The van der Waals surface area contributed by atoms with Crippen molar-refractivity contribution in [2.24, 2.45) is 10.7 Å². The molecule has 0 aromatic heterocycles. The molecule has 1 aliphatic rings. The van der Waals surface area contributed by atoms with Crippen LogP contribution in [0.5, 0.6) is 0 Å². The van der Waals surface area contributed by atoms with Crippen molar-refractivity contribution in [3.8, 4) is 33.4 Å². The average molecular weight is 681 g/mol. The van der Waals surface area contributed by atoms with Gasteiger partial charge in [-0.3, -0.25) is 4.99 Å². The smallest absolute Gasteiger partial charge is 0.0671 e. The van der Waals surface area contributed by atoms with Gasteiger partial charge in [0.15, 0.2) is 0 Å². The summed E-state index contributed by atoms with van der Waals surface area (Å²) in [4.78, 5) is 5.02. The van der Waals surface area contributed by atoms with Crippen molar-refractivity contribution in [2.75, 3.05) is 0 Å². The zero-order chi connectivity index (χ0) is 35.9. The number of benzene rings is 8. The molecule has 8 aromatic rings. The van der Waals surface area contributed by atoms with Gasteiger partial charge >= 0.3 is 0 Å². The van der Waals surface area contributed by atoms with Crippen molar-refractivity contribution in [2.45, 2.75) is 25.8 Å². The predicted molar refractivity (Wildman–Crippen MR) is 225 cm³/mol. The van der Waals surface area contributed by atoms with Crippen molar-refractivity contribution in [1.29, 1.82) is 0 Å². The van der Waals surface area contributed by atoms with Crippen LogP contribution in [0.15, 0.2) is 187 Å². The summed E-state index contributed by atoms with van der Waals surface area (Å²) in [5.74, 6) is 0. The first-order chi connectivity index (χ1) is 26.0. The molecule has 9 rings (SSSR count).